The van der Waals surface area contributed by atoms with E-state index in [4.69, 9.17) is 20.6 Å². The summed E-state index contributed by atoms with van der Waals surface area (Å²) in [7, 11) is 1.60. The molecule has 0 aliphatic heterocycles. The van der Waals surface area contributed by atoms with E-state index in [0.717, 1.165) is 29.4 Å². The van der Waals surface area contributed by atoms with Gasteiger partial charge in [-0.3, -0.25) is 0 Å². The molecule has 2 N–H and O–H groups in total. The summed E-state index contributed by atoms with van der Waals surface area (Å²) in [4.78, 5) is 4.67. The van der Waals surface area contributed by atoms with Gasteiger partial charge in [-0.2, -0.15) is 0 Å². The van der Waals surface area contributed by atoms with Crippen LogP contribution in [-0.2, 0) is 13.1 Å². The Morgan fingerprint density at radius 2 is 1.83 bits per heavy atom. The first-order valence-corrected chi connectivity index (χ1v) is 9.67. The molecule has 0 saturated carbocycles. The molecule has 0 aromatic heterocycles. The lowest BCUT2D eigenvalue weighted by Gasteiger charge is -2.14. The number of terminal acetylenes is 1. The van der Waals surface area contributed by atoms with E-state index in [2.05, 4.69) is 21.5 Å². The van der Waals surface area contributed by atoms with Gasteiger partial charge in [0.05, 0.1) is 20.3 Å². The maximum Gasteiger partial charge on any atom is 0.191 e. The fourth-order valence-corrected chi connectivity index (χ4v) is 2.69. The quantitative estimate of drug-likeness (QED) is 0.214. The Bertz CT molecular complexity index is 850. The van der Waals surface area contributed by atoms with E-state index in [1.165, 1.54) is 0 Å². The molecule has 2 aromatic carbocycles. The Balaban J connectivity index is 0.00000450. The van der Waals surface area contributed by atoms with Gasteiger partial charge in [0.25, 0.3) is 0 Å². The lowest BCUT2D eigenvalue weighted by atomic mass is 10.2. The topological polar surface area (TPSA) is 64.1 Å². The van der Waals surface area contributed by atoms with Crippen molar-refractivity contribution in [2.24, 2.45) is 4.99 Å². The Hall–Kier alpha value is -2.60. The Kier molecular flexibility index (Phi) is 12.2. The molecule has 0 heterocycles. The number of rotatable bonds is 10. The number of ether oxygens (including phenoxy) is 3. The Morgan fingerprint density at radius 1 is 1.03 bits per heavy atom. The lowest BCUT2D eigenvalue weighted by molar-refractivity contribution is 0.330. The highest BCUT2D eigenvalue weighted by molar-refractivity contribution is 14.0. The standard InChI is InChI=1S/C23H29N3O3.HI/c1-5-14-29-22-15-18(12-13-21(22)27-4)16-25-23(24-6-2)26-17-19-10-8-9-11-20(19)28-7-3;/h1,8-13,15H,6-7,14,16-17H2,2-4H3,(H2,24,25,26);1H. The number of aliphatic imine (C=N–C) groups is 1. The first kappa shape index (κ1) is 25.4. The zero-order valence-corrected chi connectivity index (χ0v) is 20.1. The van der Waals surface area contributed by atoms with Crippen LogP contribution < -0.4 is 24.8 Å². The van der Waals surface area contributed by atoms with Crippen LogP contribution in [0.5, 0.6) is 17.2 Å². The Morgan fingerprint density at radius 3 is 2.53 bits per heavy atom. The van der Waals surface area contributed by atoms with Crippen molar-refractivity contribution in [3.8, 4) is 29.6 Å². The van der Waals surface area contributed by atoms with E-state index in [0.29, 0.717) is 31.2 Å². The third-order valence-corrected chi connectivity index (χ3v) is 4.02. The minimum Gasteiger partial charge on any atom is -0.494 e. The molecule has 7 heteroatoms. The summed E-state index contributed by atoms with van der Waals surface area (Å²) in [6.45, 7) is 6.69. The van der Waals surface area contributed by atoms with Crippen molar-refractivity contribution in [2.75, 3.05) is 26.9 Å². The molecule has 0 spiro atoms. The maximum absolute atomic E-state index is 5.69. The van der Waals surface area contributed by atoms with E-state index < -0.39 is 0 Å². The fraction of sp³-hybridized carbons (Fsp3) is 0.348. The average molecular weight is 523 g/mol. The van der Waals surface area contributed by atoms with Crippen LogP contribution in [0.25, 0.3) is 0 Å². The van der Waals surface area contributed by atoms with Gasteiger partial charge < -0.3 is 24.8 Å². The van der Waals surface area contributed by atoms with Crippen LogP contribution in [-0.4, -0.2) is 32.8 Å². The van der Waals surface area contributed by atoms with Gasteiger partial charge in [0.15, 0.2) is 17.5 Å². The third-order valence-electron chi connectivity index (χ3n) is 4.02. The summed E-state index contributed by atoms with van der Waals surface area (Å²) < 4.78 is 16.6. The number of methoxy groups -OCH3 is 1. The molecule has 2 rings (SSSR count). The highest BCUT2D eigenvalue weighted by atomic mass is 127. The van der Waals surface area contributed by atoms with Crippen LogP contribution in [0.2, 0.25) is 0 Å². The van der Waals surface area contributed by atoms with Crippen molar-refractivity contribution >= 4 is 29.9 Å². The highest BCUT2D eigenvalue weighted by Gasteiger charge is 2.07. The van der Waals surface area contributed by atoms with Gasteiger partial charge in [-0.25, -0.2) is 4.99 Å². The number of nitrogens with zero attached hydrogens (tertiary/aromatic N) is 1. The van der Waals surface area contributed by atoms with E-state index in [9.17, 15) is 0 Å². The SMILES string of the molecule is C#CCOc1cc(CN=C(NCC)NCc2ccccc2OCC)ccc1OC.I. The molecule has 0 saturated heterocycles. The van der Waals surface area contributed by atoms with Crippen LogP contribution in [0, 0.1) is 12.3 Å². The average Bonchev–Trinajstić information content (AvgIpc) is 2.75. The number of hydrogen-bond acceptors (Lipinski definition) is 4. The van der Waals surface area contributed by atoms with Crippen molar-refractivity contribution in [2.45, 2.75) is 26.9 Å². The first-order valence-electron chi connectivity index (χ1n) is 9.67. The monoisotopic (exact) mass is 523 g/mol. The molecule has 0 amide bonds. The van der Waals surface area contributed by atoms with E-state index in [1.807, 2.05) is 56.3 Å². The van der Waals surface area contributed by atoms with Crippen LogP contribution in [0.4, 0.5) is 0 Å². The number of nitrogens with one attached hydrogen (secondary N) is 2. The van der Waals surface area contributed by atoms with Gasteiger partial charge in [0, 0.05) is 18.7 Å². The van der Waals surface area contributed by atoms with Gasteiger partial charge in [-0.1, -0.05) is 30.2 Å². The molecule has 0 aliphatic carbocycles. The maximum atomic E-state index is 5.69. The predicted octanol–water partition coefficient (Wildman–Crippen LogP) is 3.98. The molecule has 0 unspecified atom stereocenters. The number of hydrogen-bond donors (Lipinski definition) is 2. The minimum atomic E-state index is 0. The minimum absolute atomic E-state index is 0. The zero-order valence-electron chi connectivity index (χ0n) is 17.7. The number of halogens is 1. The molecular formula is C23H30IN3O3. The summed E-state index contributed by atoms with van der Waals surface area (Å²) in [5.74, 6) is 5.32. The molecule has 162 valence electrons. The summed E-state index contributed by atoms with van der Waals surface area (Å²) in [6.07, 6.45) is 5.29. The molecule has 6 nitrogen and oxygen atoms in total. The smallest absolute Gasteiger partial charge is 0.191 e. The van der Waals surface area contributed by atoms with Crippen molar-refractivity contribution < 1.29 is 14.2 Å². The second kappa shape index (κ2) is 14.4. The van der Waals surface area contributed by atoms with E-state index in [1.54, 1.807) is 7.11 Å². The lowest BCUT2D eigenvalue weighted by Crippen LogP contribution is -2.36. The molecule has 0 radical (unpaired) electrons. The van der Waals surface area contributed by atoms with Crippen molar-refractivity contribution in [3.63, 3.8) is 0 Å². The molecular weight excluding hydrogens is 493 g/mol. The fourth-order valence-electron chi connectivity index (χ4n) is 2.69. The molecule has 0 aliphatic rings. The highest BCUT2D eigenvalue weighted by Crippen LogP contribution is 2.28. The van der Waals surface area contributed by atoms with Crippen molar-refractivity contribution in [3.05, 3.63) is 53.6 Å². The van der Waals surface area contributed by atoms with Crippen molar-refractivity contribution in [1.82, 2.24) is 10.6 Å². The zero-order chi connectivity index (χ0) is 20.9. The summed E-state index contributed by atoms with van der Waals surface area (Å²) >= 11 is 0. The van der Waals surface area contributed by atoms with Crippen LogP contribution in [0.3, 0.4) is 0 Å². The number of guanidine groups is 1. The van der Waals surface area contributed by atoms with E-state index in [-0.39, 0.29) is 30.6 Å². The molecule has 30 heavy (non-hydrogen) atoms. The van der Waals surface area contributed by atoms with Gasteiger partial charge >= 0.3 is 0 Å². The second-order valence-electron chi connectivity index (χ2n) is 6.07. The first-order chi connectivity index (χ1) is 14.2. The van der Waals surface area contributed by atoms with Crippen LogP contribution in [0.15, 0.2) is 47.5 Å². The molecule has 0 atom stereocenters. The van der Waals surface area contributed by atoms with Crippen LogP contribution in [0.1, 0.15) is 25.0 Å². The molecule has 0 fully saturated rings. The van der Waals surface area contributed by atoms with Crippen LogP contribution >= 0.6 is 24.0 Å². The number of para-hydroxylation sites is 1. The van der Waals surface area contributed by atoms with Gasteiger partial charge in [0.1, 0.15) is 12.4 Å². The second-order valence-corrected chi connectivity index (χ2v) is 6.07. The largest absolute Gasteiger partial charge is 0.494 e. The Labute approximate surface area is 196 Å². The molecule has 0 bridgehead atoms. The van der Waals surface area contributed by atoms with E-state index >= 15 is 0 Å². The normalized spacial score (nSPS) is 10.4. The molecule has 2 aromatic rings. The summed E-state index contributed by atoms with van der Waals surface area (Å²) in [6, 6.07) is 13.7. The summed E-state index contributed by atoms with van der Waals surface area (Å²) in [5.41, 5.74) is 2.07. The third kappa shape index (κ3) is 8.03. The number of benzene rings is 2. The van der Waals surface area contributed by atoms with Gasteiger partial charge in [0.2, 0.25) is 0 Å². The van der Waals surface area contributed by atoms with Gasteiger partial charge in [-0.05, 0) is 37.6 Å². The summed E-state index contributed by atoms with van der Waals surface area (Å²) in [5, 5.41) is 6.62. The van der Waals surface area contributed by atoms with Gasteiger partial charge in [-0.15, -0.1) is 30.4 Å². The van der Waals surface area contributed by atoms with Crippen molar-refractivity contribution in [1.29, 1.82) is 0 Å². The predicted molar refractivity (Wildman–Crippen MR) is 132 cm³/mol.